The number of hydrogen-bond acceptors (Lipinski definition) is 6. The first-order valence-electron chi connectivity index (χ1n) is 8.76. The Morgan fingerprint density at radius 2 is 1.93 bits per heavy atom. The predicted molar refractivity (Wildman–Crippen MR) is 110 cm³/mol. The van der Waals surface area contributed by atoms with Crippen molar-refractivity contribution in [2.45, 2.75) is 6.42 Å². The number of nitrogens with zero attached hydrogens (tertiary/aromatic N) is 5. The van der Waals surface area contributed by atoms with Crippen molar-refractivity contribution >= 4 is 40.3 Å². The minimum absolute atomic E-state index is 0.524. The highest BCUT2D eigenvalue weighted by molar-refractivity contribution is 7.80. The number of anilines is 1. The van der Waals surface area contributed by atoms with Crippen molar-refractivity contribution in [3.8, 4) is 5.75 Å². The van der Waals surface area contributed by atoms with Crippen LogP contribution in [0.25, 0.3) is 0 Å². The van der Waals surface area contributed by atoms with E-state index < -0.39 is 0 Å². The smallest absolute Gasteiger partial charge is 0.189 e. The van der Waals surface area contributed by atoms with Gasteiger partial charge >= 0.3 is 0 Å². The van der Waals surface area contributed by atoms with Gasteiger partial charge in [-0.25, -0.2) is 0 Å². The van der Waals surface area contributed by atoms with Crippen LogP contribution in [0.4, 0.5) is 5.69 Å². The number of ether oxygens (including phenoxy) is 1. The molecule has 0 spiro atoms. The molecule has 0 radical (unpaired) electrons. The minimum Gasteiger partial charge on any atom is -0.489 e. The number of halogens is 1. The first kappa shape index (κ1) is 17.9. The number of pyridine rings is 2. The number of nitrogens with one attached hydrogen (secondary N) is 1. The summed E-state index contributed by atoms with van der Waals surface area (Å²) in [5, 5.41) is 5.64. The largest absolute Gasteiger partial charge is 0.489 e. The van der Waals surface area contributed by atoms with Crippen LogP contribution in [0.15, 0.2) is 41.9 Å². The van der Waals surface area contributed by atoms with Gasteiger partial charge in [0, 0.05) is 56.9 Å². The van der Waals surface area contributed by atoms with E-state index in [1.54, 1.807) is 12.3 Å². The third kappa shape index (κ3) is 3.96. The van der Waals surface area contributed by atoms with Gasteiger partial charge in [-0.05, 0) is 30.4 Å². The molecule has 0 amide bonds. The van der Waals surface area contributed by atoms with Gasteiger partial charge < -0.3 is 14.5 Å². The standard InChI is InChI=1S/C18H19ClN6OS/c19-14-3-7-21-16-15(4-12-26-17(14)16)22-23-18(27)25-10-8-24(9-11-25)13-1-5-20-6-2-13/h1-3,5-7H,4,8-12H2,(H,23,27)/b22-15-. The fourth-order valence-electron chi connectivity index (χ4n) is 3.15. The van der Waals surface area contributed by atoms with Gasteiger partial charge in [0.1, 0.15) is 5.69 Å². The van der Waals surface area contributed by atoms with Crippen LogP contribution in [0, 0.1) is 0 Å². The minimum atomic E-state index is 0.524. The molecule has 9 heteroatoms. The summed E-state index contributed by atoms with van der Waals surface area (Å²) in [4.78, 5) is 12.9. The van der Waals surface area contributed by atoms with E-state index in [0.29, 0.717) is 34.6 Å². The Hall–Kier alpha value is -2.45. The summed E-state index contributed by atoms with van der Waals surface area (Å²) in [6.07, 6.45) is 5.94. The highest BCUT2D eigenvalue weighted by atomic mass is 35.5. The average Bonchev–Trinajstić information content (AvgIpc) is 2.73. The second kappa shape index (κ2) is 8.06. The summed E-state index contributed by atoms with van der Waals surface area (Å²) in [6, 6.07) is 5.77. The summed E-state index contributed by atoms with van der Waals surface area (Å²) >= 11 is 11.7. The number of thiocarbonyl (C=S) groups is 1. The third-order valence-electron chi connectivity index (χ3n) is 4.60. The van der Waals surface area contributed by atoms with Crippen molar-refractivity contribution in [3.63, 3.8) is 0 Å². The Morgan fingerprint density at radius 3 is 2.70 bits per heavy atom. The second-order valence-electron chi connectivity index (χ2n) is 6.22. The zero-order valence-electron chi connectivity index (χ0n) is 14.6. The number of piperazine rings is 1. The summed E-state index contributed by atoms with van der Waals surface area (Å²) in [5.74, 6) is 0.586. The van der Waals surface area contributed by atoms with E-state index >= 15 is 0 Å². The maximum Gasteiger partial charge on any atom is 0.189 e. The molecule has 1 fully saturated rings. The van der Waals surface area contributed by atoms with Crippen molar-refractivity contribution in [2.24, 2.45) is 5.10 Å². The number of aromatic nitrogens is 2. The van der Waals surface area contributed by atoms with Crippen molar-refractivity contribution in [3.05, 3.63) is 47.5 Å². The zero-order valence-corrected chi connectivity index (χ0v) is 16.2. The molecule has 0 bridgehead atoms. The van der Waals surface area contributed by atoms with E-state index in [9.17, 15) is 0 Å². The van der Waals surface area contributed by atoms with Gasteiger partial charge in [-0.3, -0.25) is 15.4 Å². The van der Waals surface area contributed by atoms with Gasteiger partial charge in [0.25, 0.3) is 0 Å². The van der Waals surface area contributed by atoms with Crippen molar-refractivity contribution < 1.29 is 4.74 Å². The maximum atomic E-state index is 6.17. The molecule has 140 valence electrons. The van der Waals surface area contributed by atoms with Crippen LogP contribution < -0.4 is 15.1 Å². The number of rotatable bonds is 2. The molecule has 0 aliphatic carbocycles. The van der Waals surface area contributed by atoms with Crippen LogP contribution in [-0.4, -0.2) is 58.5 Å². The van der Waals surface area contributed by atoms with Crippen LogP contribution in [0.2, 0.25) is 5.02 Å². The van der Waals surface area contributed by atoms with E-state index in [-0.39, 0.29) is 0 Å². The quantitative estimate of drug-likeness (QED) is 0.610. The molecule has 1 N–H and O–H groups in total. The molecule has 0 unspecified atom stereocenters. The van der Waals surface area contributed by atoms with E-state index in [1.807, 2.05) is 24.5 Å². The van der Waals surface area contributed by atoms with E-state index in [2.05, 4.69) is 30.3 Å². The van der Waals surface area contributed by atoms with Crippen LogP contribution in [0.3, 0.4) is 0 Å². The molecular formula is C18H19ClN6OS. The first-order valence-corrected chi connectivity index (χ1v) is 9.55. The highest BCUT2D eigenvalue weighted by Crippen LogP contribution is 2.30. The molecule has 2 aliphatic heterocycles. The maximum absolute atomic E-state index is 6.17. The molecule has 2 aliphatic rings. The molecule has 4 heterocycles. The van der Waals surface area contributed by atoms with Crippen molar-refractivity contribution in [2.75, 3.05) is 37.7 Å². The normalized spacial score (nSPS) is 18.0. The fraction of sp³-hybridized carbons (Fsp3) is 0.333. The van der Waals surface area contributed by atoms with Gasteiger partial charge in [0.2, 0.25) is 0 Å². The molecule has 0 atom stereocenters. The number of hydrogen-bond donors (Lipinski definition) is 1. The summed E-state index contributed by atoms with van der Waals surface area (Å²) in [6.45, 7) is 3.99. The lowest BCUT2D eigenvalue weighted by molar-refractivity contribution is 0.318. The van der Waals surface area contributed by atoms with E-state index in [1.165, 1.54) is 5.69 Å². The molecule has 4 rings (SSSR count). The van der Waals surface area contributed by atoms with Crippen LogP contribution >= 0.6 is 23.8 Å². The Kier molecular flexibility index (Phi) is 5.35. The molecule has 0 saturated carbocycles. The lowest BCUT2D eigenvalue weighted by atomic mass is 10.1. The molecule has 2 aromatic rings. The average molecular weight is 403 g/mol. The molecule has 27 heavy (non-hydrogen) atoms. The van der Waals surface area contributed by atoms with Crippen LogP contribution in [-0.2, 0) is 0 Å². The summed E-state index contributed by atoms with van der Waals surface area (Å²) < 4.78 is 5.61. The molecule has 7 nitrogen and oxygen atoms in total. The van der Waals surface area contributed by atoms with Crippen molar-refractivity contribution in [1.29, 1.82) is 0 Å². The van der Waals surface area contributed by atoms with Gasteiger partial charge in [0.05, 0.1) is 17.3 Å². The molecular weight excluding hydrogens is 384 g/mol. The van der Waals surface area contributed by atoms with E-state index in [0.717, 1.165) is 31.9 Å². The fourth-order valence-corrected chi connectivity index (χ4v) is 3.58. The van der Waals surface area contributed by atoms with Gasteiger partial charge in [0.15, 0.2) is 10.9 Å². The Balaban J connectivity index is 1.37. The Morgan fingerprint density at radius 1 is 1.15 bits per heavy atom. The van der Waals surface area contributed by atoms with Crippen LogP contribution in [0.1, 0.15) is 12.1 Å². The Labute approximate surface area is 168 Å². The SMILES string of the molecule is S=C(N/N=C1/CCOc2c(Cl)ccnc21)N1CCN(c2ccncc2)CC1. The molecule has 2 aromatic heterocycles. The van der Waals surface area contributed by atoms with Gasteiger partial charge in [-0.2, -0.15) is 5.10 Å². The summed E-state index contributed by atoms with van der Waals surface area (Å²) in [7, 11) is 0. The molecule has 0 aromatic carbocycles. The lowest BCUT2D eigenvalue weighted by Gasteiger charge is -2.36. The second-order valence-corrected chi connectivity index (χ2v) is 7.02. The van der Waals surface area contributed by atoms with E-state index in [4.69, 9.17) is 28.6 Å². The molecule has 1 saturated heterocycles. The predicted octanol–water partition coefficient (Wildman–Crippen LogP) is 2.31. The number of hydrazone groups is 1. The lowest BCUT2D eigenvalue weighted by Crippen LogP contribution is -2.51. The third-order valence-corrected chi connectivity index (χ3v) is 5.24. The Bertz CT molecular complexity index is 854. The highest BCUT2D eigenvalue weighted by Gasteiger charge is 2.22. The van der Waals surface area contributed by atoms with Crippen molar-refractivity contribution in [1.82, 2.24) is 20.3 Å². The zero-order chi connectivity index (χ0) is 18.6. The summed E-state index contributed by atoms with van der Waals surface area (Å²) in [5.41, 5.74) is 5.68. The monoisotopic (exact) mass is 402 g/mol. The number of fused-ring (bicyclic) bond motifs is 1. The first-order chi connectivity index (χ1) is 13.2. The van der Waals surface area contributed by atoms with Gasteiger partial charge in [-0.1, -0.05) is 11.6 Å². The van der Waals surface area contributed by atoms with Gasteiger partial charge in [-0.15, -0.1) is 0 Å². The van der Waals surface area contributed by atoms with Crippen LogP contribution in [0.5, 0.6) is 5.75 Å². The topological polar surface area (TPSA) is 65.9 Å².